The third-order valence-electron chi connectivity index (χ3n) is 1.68. The molecule has 0 spiro atoms. The maximum atomic E-state index is 4.85. The van der Waals surface area contributed by atoms with Crippen LogP contribution in [0.5, 0.6) is 0 Å². The first-order valence-corrected chi connectivity index (χ1v) is 4.43. The van der Waals surface area contributed by atoms with Crippen molar-refractivity contribution in [2.24, 2.45) is 5.16 Å². The molecule has 0 aliphatic heterocycles. The van der Waals surface area contributed by atoms with Gasteiger partial charge in [0.1, 0.15) is 17.6 Å². The van der Waals surface area contributed by atoms with Crippen LogP contribution < -0.4 is 0 Å². The zero-order valence-electron chi connectivity index (χ0n) is 6.80. The predicted octanol–water partition coefficient (Wildman–Crippen LogP) is 1.82. The molecule has 0 saturated carbocycles. The minimum Gasteiger partial charge on any atom is -0.391 e. The van der Waals surface area contributed by atoms with Crippen molar-refractivity contribution >= 4 is 29.5 Å². The van der Waals surface area contributed by atoms with Crippen LogP contribution in [0.15, 0.2) is 23.4 Å². The Morgan fingerprint density at radius 3 is 3.23 bits per heavy atom. The Balaban J connectivity index is 2.42. The number of rotatable bonds is 3. The molecule has 0 bridgehead atoms. The summed E-state index contributed by atoms with van der Waals surface area (Å²) in [6, 6.07) is 5.78. The van der Waals surface area contributed by atoms with Gasteiger partial charge < -0.3 is 4.84 Å². The van der Waals surface area contributed by atoms with Crippen molar-refractivity contribution in [3.8, 4) is 0 Å². The molecule has 0 amide bonds. The maximum absolute atomic E-state index is 4.85. The van der Waals surface area contributed by atoms with Crippen LogP contribution in [0.3, 0.4) is 0 Å². The van der Waals surface area contributed by atoms with E-state index in [1.807, 2.05) is 18.2 Å². The molecule has 0 atom stereocenters. The Bertz CT molecular complexity index is 426. The molecule has 1 aromatic carbocycles. The Morgan fingerprint density at radius 1 is 1.46 bits per heavy atom. The summed E-state index contributed by atoms with van der Waals surface area (Å²) in [4.78, 5) is 4.85. The van der Waals surface area contributed by atoms with Crippen LogP contribution in [-0.2, 0) is 11.4 Å². The predicted molar refractivity (Wildman–Crippen MR) is 51.8 cm³/mol. The summed E-state index contributed by atoms with van der Waals surface area (Å²) in [7, 11) is 0. The topological polar surface area (TPSA) is 47.4 Å². The second-order valence-corrected chi connectivity index (χ2v) is 2.98. The number of fused-ring (bicyclic) bond motifs is 1. The Kier molecular flexibility index (Phi) is 2.18. The van der Waals surface area contributed by atoms with E-state index < -0.39 is 0 Å². The van der Waals surface area contributed by atoms with Crippen molar-refractivity contribution in [2.45, 2.75) is 6.61 Å². The van der Waals surface area contributed by atoms with Crippen molar-refractivity contribution in [3.05, 3.63) is 23.8 Å². The normalized spacial score (nSPS) is 10.2. The van der Waals surface area contributed by atoms with Gasteiger partial charge >= 0.3 is 0 Å². The molecule has 0 N–H and O–H groups in total. The highest BCUT2D eigenvalue weighted by atomic mass is 32.1. The molecular weight excluding hydrogens is 186 g/mol. The molecule has 2 aromatic rings. The van der Waals surface area contributed by atoms with Crippen LogP contribution >= 0.6 is 11.7 Å². The molecule has 0 fully saturated rings. The van der Waals surface area contributed by atoms with Crippen molar-refractivity contribution in [1.29, 1.82) is 0 Å². The van der Waals surface area contributed by atoms with Gasteiger partial charge in [-0.05, 0) is 6.07 Å². The molecule has 66 valence electrons. The monoisotopic (exact) mass is 193 g/mol. The lowest BCUT2D eigenvalue weighted by Gasteiger charge is -1.98. The molecule has 0 aliphatic rings. The first-order valence-electron chi connectivity index (χ1n) is 3.70. The minimum atomic E-state index is 0.395. The molecular formula is C8H7N3OS. The highest BCUT2D eigenvalue weighted by molar-refractivity contribution is 7.00. The van der Waals surface area contributed by atoms with E-state index in [0.717, 1.165) is 16.6 Å². The minimum absolute atomic E-state index is 0.395. The summed E-state index contributed by atoms with van der Waals surface area (Å²) in [6.07, 6.45) is 0. The van der Waals surface area contributed by atoms with Gasteiger partial charge in [-0.1, -0.05) is 12.1 Å². The number of nitrogens with zero attached hydrogens (tertiary/aromatic N) is 3. The van der Waals surface area contributed by atoms with Crippen LogP contribution in [0.1, 0.15) is 5.56 Å². The second-order valence-electron chi connectivity index (χ2n) is 2.45. The number of hydrogen-bond acceptors (Lipinski definition) is 5. The molecule has 0 radical (unpaired) electrons. The molecule has 13 heavy (non-hydrogen) atoms. The van der Waals surface area contributed by atoms with Crippen LogP contribution in [-0.4, -0.2) is 15.5 Å². The van der Waals surface area contributed by atoms with Crippen LogP contribution in [0.25, 0.3) is 11.0 Å². The third kappa shape index (κ3) is 1.50. The summed E-state index contributed by atoms with van der Waals surface area (Å²) in [6.45, 7) is 3.63. The van der Waals surface area contributed by atoms with E-state index in [2.05, 4.69) is 20.6 Å². The van der Waals surface area contributed by atoms with Crippen molar-refractivity contribution in [1.82, 2.24) is 8.75 Å². The molecule has 5 heteroatoms. The highest BCUT2D eigenvalue weighted by Gasteiger charge is 2.04. The van der Waals surface area contributed by atoms with Crippen LogP contribution in [0.2, 0.25) is 0 Å². The fourth-order valence-corrected chi connectivity index (χ4v) is 1.66. The van der Waals surface area contributed by atoms with E-state index in [9.17, 15) is 0 Å². The lowest BCUT2D eigenvalue weighted by Crippen LogP contribution is -1.87. The lowest BCUT2D eigenvalue weighted by atomic mass is 10.2. The van der Waals surface area contributed by atoms with Crippen LogP contribution in [0.4, 0.5) is 0 Å². The van der Waals surface area contributed by atoms with Gasteiger partial charge in [0.05, 0.1) is 11.7 Å². The van der Waals surface area contributed by atoms with Gasteiger partial charge in [0.2, 0.25) is 0 Å². The second kappa shape index (κ2) is 3.49. The molecule has 0 saturated heterocycles. The largest absolute Gasteiger partial charge is 0.391 e. The first-order chi connectivity index (χ1) is 6.42. The quantitative estimate of drug-likeness (QED) is 0.551. The summed E-state index contributed by atoms with van der Waals surface area (Å²) in [5, 5.41) is 3.33. The number of aromatic nitrogens is 2. The number of benzene rings is 1. The molecule has 1 aromatic heterocycles. The van der Waals surface area contributed by atoms with Gasteiger partial charge in [-0.15, -0.1) is 5.16 Å². The number of hydrogen-bond donors (Lipinski definition) is 0. The summed E-state index contributed by atoms with van der Waals surface area (Å²) < 4.78 is 8.28. The Hall–Kier alpha value is -1.49. The highest BCUT2D eigenvalue weighted by Crippen LogP contribution is 2.16. The Morgan fingerprint density at radius 2 is 2.38 bits per heavy atom. The van der Waals surface area contributed by atoms with Crippen molar-refractivity contribution in [3.63, 3.8) is 0 Å². The van der Waals surface area contributed by atoms with E-state index in [0.29, 0.717) is 6.61 Å². The maximum Gasteiger partial charge on any atom is 0.144 e. The zero-order valence-corrected chi connectivity index (χ0v) is 7.62. The zero-order chi connectivity index (χ0) is 9.10. The molecule has 4 nitrogen and oxygen atoms in total. The summed E-state index contributed by atoms with van der Waals surface area (Å²) >= 11 is 1.20. The third-order valence-corrected chi connectivity index (χ3v) is 2.22. The van der Waals surface area contributed by atoms with E-state index in [1.165, 1.54) is 11.7 Å². The summed E-state index contributed by atoms with van der Waals surface area (Å²) in [5.41, 5.74) is 2.77. The van der Waals surface area contributed by atoms with Gasteiger partial charge in [0, 0.05) is 12.3 Å². The number of oxime groups is 1. The average Bonchev–Trinajstić information content (AvgIpc) is 2.62. The van der Waals surface area contributed by atoms with E-state index >= 15 is 0 Å². The van der Waals surface area contributed by atoms with Crippen LogP contribution in [0, 0.1) is 0 Å². The SMILES string of the molecule is C=NOCc1cccc2nsnc12. The summed E-state index contributed by atoms with van der Waals surface area (Å²) in [5.74, 6) is 0. The molecule has 1 heterocycles. The van der Waals surface area contributed by atoms with Gasteiger partial charge in [0.15, 0.2) is 0 Å². The fourth-order valence-electron chi connectivity index (χ4n) is 1.09. The first kappa shape index (κ1) is 8.12. The average molecular weight is 193 g/mol. The van der Waals surface area contributed by atoms with E-state index in [4.69, 9.17) is 4.84 Å². The van der Waals surface area contributed by atoms with Gasteiger partial charge in [0.25, 0.3) is 0 Å². The standard InChI is InChI=1S/C8H7N3OS/c1-9-12-5-6-3-2-4-7-8(6)11-13-10-7/h2-4H,1,5H2. The van der Waals surface area contributed by atoms with E-state index in [-0.39, 0.29) is 0 Å². The molecule has 0 aliphatic carbocycles. The van der Waals surface area contributed by atoms with E-state index in [1.54, 1.807) is 0 Å². The fraction of sp³-hybridized carbons (Fsp3) is 0.125. The molecule has 2 rings (SSSR count). The lowest BCUT2D eigenvalue weighted by molar-refractivity contribution is 0.134. The van der Waals surface area contributed by atoms with Crippen molar-refractivity contribution < 1.29 is 4.84 Å². The molecule has 0 unspecified atom stereocenters. The van der Waals surface area contributed by atoms with Gasteiger partial charge in [-0.2, -0.15) is 8.75 Å². The van der Waals surface area contributed by atoms with Crippen molar-refractivity contribution in [2.75, 3.05) is 0 Å². The smallest absolute Gasteiger partial charge is 0.144 e. The Labute approximate surface area is 79.2 Å². The van der Waals surface area contributed by atoms with Gasteiger partial charge in [-0.3, -0.25) is 0 Å². The van der Waals surface area contributed by atoms with Gasteiger partial charge in [-0.25, -0.2) is 0 Å².